The molecule has 5 aliphatic carbocycles. The van der Waals surface area contributed by atoms with Gasteiger partial charge in [0.25, 0.3) is 0 Å². The zero-order chi connectivity index (χ0) is 33.7. The van der Waals surface area contributed by atoms with Gasteiger partial charge in [0.2, 0.25) is 0 Å². The van der Waals surface area contributed by atoms with Crippen molar-refractivity contribution in [1.82, 2.24) is 0 Å². The molecular weight excluding hydrogens is 604 g/mol. The van der Waals surface area contributed by atoms with E-state index < -0.39 is 0 Å². The van der Waals surface area contributed by atoms with E-state index in [1.807, 2.05) is 0 Å². The fraction of sp³-hybridized carbons (Fsp3) is 0.974. The molecule has 0 heterocycles. The molecule has 0 amide bonds. The van der Waals surface area contributed by atoms with Crippen LogP contribution in [0.1, 0.15) is 116 Å². The summed E-state index contributed by atoms with van der Waals surface area (Å²) in [6.45, 7) is 5.56. The zero-order valence-corrected chi connectivity index (χ0v) is 30.2. The quantitative estimate of drug-likeness (QED) is 0.147. The highest BCUT2D eigenvalue weighted by Crippen LogP contribution is 2.52. The van der Waals surface area contributed by atoms with Crippen molar-refractivity contribution in [3.63, 3.8) is 0 Å². The molecule has 0 aromatic carbocycles. The van der Waals surface area contributed by atoms with Gasteiger partial charge in [-0.2, -0.15) is 0 Å². The molecule has 8 N–H and O–H groups in total. The Kier molecular flexibility index (Phi) is 16.4. The first kappa shape index (κ1) is 38.6. The number of ketones is 1. The van der Waals surface area contributed by atoms with Crippen molar-refractivity contribution < 1.29 is 23.7 Å². The number of carbonyl (C=O) groups is 1. The Balaban J connectivity index is 1.22. The molecule has 5 aliphatic rings. The molecule has 48 heavy (non-hydrogen) atoms. The molecule has 9 heteroatoms. The van der Waals surface area contributed by atoms with E-state index in [0.717, 1.165) is 103 Å². The smallest absolute Gasteiger partial charge is 0.139 e. The molecule has 0 saturated heterocycles. The minimum atomic E-state index is 0.228. The number of ether oxygens (including phenoxy) is 4. The summed E-state index contributed by atoms with van der Waals surface area (Å²) >= 11 is 0. The number of nitrogens with two attached hydrogens (primary N) is 4. The number of carbonyl (C=O) groups excluding carboxylic acids is 1. The Hall–Kier alpha value is -0.650. The second-order valence-electron chi connectivity index (χ2n) is 16.3. The fourth-order valence-corrected chi connectivity index (χ4v) is 10.6. The van der Waals surface area contributed by atoms with Crippen LogP contribution in [0.3, 0.4) is 0 Å². The van der Waals surface area contributed by atoms with E-state index in [4.69, 9.17) is 41.9 Å². The van der Waals surface area contributed by atoms with Gasteiger partial charge in [-0.05, 0) is 177 Å². The van der Waals surface area contributed by atoms with Crippen LogP contribution >= 0.6 is 0 Å². The first-order valence-corrected chi connectivity index (χ1v) is 20.3. The molecule has 0 bridgehead atoms. The second-order valence-corrected chi connectivity index (χ2v) is 16.3. The number of rotatable bonds is 18. The summed E-state index contributed by atoms with van der Waals surface area (Å²) in [6.07, 6.45) is 20.4. The third-order valence-electron chi connectivity index (χ3n) is 13.2. The summed E-state index contributed by atoms with van der Waals surface area (Å²) in [5.74, 6) is 4.54. The van der Waals surface area contributed by atoms with E-state index in [1.54, 1.807) is 0 Å². The molecule has 0 spiro atoms. The molecule has 10 unspecified atom stereocenters. The molecule has 5 saturated carbocycles. The Morgan fingerprint density at radius 2 is 0.688 bits per heavy atom. The summed E-state index contributed by atoms with van der Waals surface area (Å²) in [6, 6.07) is 0. The maximum absolute atomic E-state index is 14.7. The van der Waals surface area contributed by atoms with Crippen LogP contribution < -0.4 is 22.9 Å². The summed E-state index contributed by atoms with van der Waals surface area (Å²) in [7, 11) is 0. The topological polar surface area (TPSA) is 158 Å². The van der Waals surface area contributed by atoms with Gasteiger partial charge in [-0.15, -0.1) is 0 Å². The number of hydrogen-bond donors (Lipinski definition) is 4. The predicted octanol–water partition coefficient (Wildman–Crippen LogP) is 4.95. The highest BCUT2D eigenvalue weighted by molar-refractivity contribution is 5.84. The molecule has 0 aromatic rings. The van der Waals surface area contributed by atoms with Gasteiger partial charge in [0.15, 0.2) is 0 Å². The lowest BCUT2D eigenvalue weighted by atomic mass is 9.62. The monoisotopic (exact) mass is 677 g/mol. The lowest BCUT2D eigenvalue weighted by Gasteiger charge is -2.45. The first-order valence-electron chi connectivity index (χ1n) is 20.3. The molecule has 10 atom stereocenters. The van der Waals surface area contributed by atoms with Crippen LogP contribution in [0.15, 0.2) is 0 Å². The van der Waals surface area contributed by atoms with Crippen molar-refractivity contribution in [3.8, 4) is 0 Å². The van der Waals surface area contributed by atoms with Crippen LogP contribution in [0.2, 0.25) is 0 Å². The molecule has 0 aromatic heterocycles. The Bertz CT molecular complexity index is 821. The first-order chi connectivity index (χ1) is 23.5. The van der Waals surface area contributed by atoms with Crippen LogP contribution in [-0.2, 0) is 23.7 Å². The summed E-state index contributed by atoms with van der Waals surface area (Å²) < 4.78 is 25.4. The third kappa shape index (κ3) is 10.9. The maximum Gasteiger partial charge on any atom is 0.139 e. The van der Waals surface area contributed by atoms with E-state index in [2.05, 4.69) is 0 Å². The van der Waals surface area contributed by atoms with Gasteiger partial charge in [-0.25, -0.2) is 0 Å². The SMILES string of the molecule is NCCCOC1CC(OCCCN)CC(C2CCC3CCC4CCC(C5CC(OCCCN)CC(OCCCN)C5)CC4C(=O)C3C2)C1. The zero-order valence-electron chi connectivity index (χ0n) is 30.2. The van der Waals surface area contributed by atoms with Crippen LogP contribution in [0, 0.1) is 47.3 Å². The number of Topliss-reactive ketones (excluding diaryl/α,β-unsaturated/α-hetero) is 1. The van der Waals surface area contributed by atoms with Crippen LogP contribution in [0.4, 0.5) is 0 Å². The molecule has 278 valence electrons. The highest BCUT2D eigenvalue weighted by atomic mass is 16.5. The second kappa shape index (κ2) is 20.4. The van der Waals surface area contributed by atoms with Crippen molar-refractivity contribution in [2.45, 2.75) is 140 Å². The van der Waals surface area contributed by atoms with Crippen molar-refractivity contribution in [2.24, 2.45) is 70.3 Å². The normalized spacial score (nSPS) is 39.0. The van der Waals surface area contributed by atoms with Gasteiger partial charge in [-0.1, -0.05) is 0 Å². The standard InChI is InChI=1S/C39H72N4O5/c40-11-1-15-45-33-19-31(20-34(25-33)46-16-2-12-41)29-9-7-27-5-6-28-8-10-30(24-38(28)39(44)37(27)23-29)32-21-35(47-17-3-13-42)26-36(22-32)48-18-4-14-43/h27-38H,1-26,40-43H2. The number of hydrogen-bond acceptors (Lipinski definition) is 9. The van der Waals surface area contributed by atoms with Gasteiger partial charge < -0.3 is 41.9 Å². The number of fused-ring (bicyclic) bond motifs is 2. The summed E-state index contributed by atoms with van der Waals surface area (Å²) in [5, 5.41) is 0. The van der Waals surface area contributed by atoms with Crippen molar-refractivity contribution in [2.75, 3.05) is 52.6 Å². The van der Waals surface area contributed by atoms with Crippen molar-refractivity contribution >= 4 is 5.78 Å². The van der Waals surface area contributed by atoms with Gasteiger partial charge in [0.05, 0.1) is 24.4 Å². The van der Waals surface area contributed by atoms with E-state index in [-0.39, 0.29) is 36.3 Å². The molecule has 0 aliphatic heterocycles. The summed E-state index contributed by atoms with van der Waals surface area (Å²) in [4.78, 5) is 14.7. The average Bonchev–Trinajstić information content (AvgIpc) is 3.24. The van der Waals surface area contributed by atoms with Gasteiger partial charge >= 0.3 is 0 Å². The van der Waals surface area contributed by atoms with Gasteiger partial charge in [0.1, 0.15) is 5.78 Å². The lowest BCUT2D eigenvalue weighted by molar-refractivity contribution is -0.134. The molecule has 5 fully saturated rings. The Labute approximate surface area is 292 Å². The fourth-order valence-electron chi connectivity index (χ4n) is 10.6. The molecule has 9 nitrogen and oxygen atoms in total. The Morgan fingerprint density at radius 3 is 0.979 bits per heavy atom. The van der Waals surface area contributed by atoms with E-state index in [1.165, 1.54) is 38.5 Å². The minimum absolute atomic E-state index is 0.228. The maximum atomic E-state index is 14.7. The molecule has 5 rings (SSSR count). The van der Waals surface area contributed by atoms with E-state index >= 15 is 0 Å². The van der Waals surface area contributed by atoms with Gasteiger partial charge in [0, 0.05) is 38.3 Å². The Morgan fingerprint density at radius 1 is 0.396 bits per heavy atom. The molecule has 0 radical (unpaired) electrons. The average molecular weight is 677 g/mol. The predicted molar refractivity (Wildman–Crippen MR) is 191 cm³/mol. The lowest BCUT2D eigenvalue weighted by Crippen LogP contribution is -2.43. The van der Waals surface area contributed by atoms with Crippen molar-refractivity contribution in [3.05, 3.63) is 0 Å². The van der Waals surface area contributed by atoms with Crippen LogP contribution in [0.5, 0.6) is 0 Å². The minimum Gasteiger partial charge on any atom is -0.378 e. The van der Waals surface area contributed by atoms with Crippen LogP contribution in [-0.4, -0.2) is 82.8 Å². The molecular formula is C39H72N4O5. The van der Waals surface area contributed by atoms with E-state index in [0.29, 0.717) is 67.5 Å². The largest absolute Gasteiger partial charge is 0.378 e. The highest BCUT2D eigenvalue weighted by Gasteiger charge is 2.48. The third-order valence-corrected chi connectivity index (χ3v) is 13.2. The van der Waals surface area contributed by atoms with Crippen LogP contribution in [0.25, 0.3) is 0 Å². The van der Waals surface area contributed by atoms with Crippen molar-refractivity contribution in [1.29, 1.82) is 0 Å². The van der Waals surface area contributed by atoms with E-state index in [9.17, 15) is 4.79 Å². The van der Waals surface area contributed by atoms with Gasteiger partial charge in [-0.3, -0.25) is 4.79 Å². The summed E-state index contributed by atoms with van der Waals surface area (Å²) in [5.41, 5.74) is 23.1.